The lowest BCUT2D eigenvalue weighted by molar-refractivity contribution is 0.0374. The van der Waals surface area contributed by atoms with Crippen LogP contribution in [0.4, 0.5) is 0 Å². The van der Waals surface area contributed by atoms with Crippen molar-refractivity contribution in [1.29, 1.82) is 0 Å². The topological polar surface area (TPSA) is 98.3 Å². The summed E-state index contributed by atoms with van der Waals surface area (Å²) in [4.78, 5) is 19.0. The summed E-state index contributed by atoms with van der Waals surface area (Å²) in [5.41, 5.74) is 2.47. The molecule has 170 valence electrons. The summed E-state index contributed by atoms with van der Waals surface area (Å²) >= 11 is 1.47. The molecule has 0 saturated carbocycles. The van der Waals surface area contributed by atoms with E-state index in [1.807, 2.05) is 23.6 Å². The van der Waals surface area contributed by atoms with Crippen LogP contribution in [-0.4, -0.2) is 69.9 Å². The maximum atomic E-state index is 12.4. The Morgan fingerprint density at radius 2 is 2.06 bits per heavy atom. The minimum absolute atomic E-state index is 0.217. The van der Waals surface area contributed by atoms with Gasteiger partial charge < -0.3 is 14.5 Å². The number of ether oxygens (including phenoxy) is 1. The van der Waals surface area contributed by atoms with Crippen LogP contribution < -0.4 is 5.32 Å². The number of amides is 1. The second kappa shape index (κ2) is 10.8. The van der Waals surface area contributed by atoms with Crippen molar-refractivity contribution in [2.45, 2.75) is 31.2 Å². The Morgan fingerprint density at radius 3 is 2.88 bits per heavy atom. The number of nitrogens with zero attached hydrogens (tertiary/aromatic N) is 5. The maximum Gasteiger partial charge on any atom is 0.273 e. The van der Waals surface area contributed by atoms with Gasteiger partial charge in [-0.2, -0.15) is 0 Å². The molecule has 3 aromatic rings. The number of aromatic nitrogens is 4. The lowest BCUT2D eigenvalue weighted by atomic mass is 10.2. The van der Waals surface area contributed by atoms with Crippen LogP contribution in [0.25, 0.3) is 5.69 Å². The standard InChI is InChI=1S/C22H28N6O3S/c1-16-5-3-6-18(13-16)28-17(2)25-26-22(28)32-15-20-24-19(14-31-20)21(29)23-7-4-8-27-9-11-30-12-10-27/h3,5-6,13-14H,4,7-12,15H2,1-2H3,(H,23,29). The fraction of sp³-hybridized carbons (Fsp3) is 0.455. The van der Waals surface area contributed by atoms with Crippen molar-refractivity contribution < 1.29 is 13.9 Å². The van der Waals surface area contributed by atoms with Crippen LogP contribution in [-0.2, 0) is 10.5 Å². The Balaban J connectivity index is 1.28. The molecule has 0 atom stereocenters. The van der Waals surface area contributed by atoms with Crippen LogP contribution in [0.2, 0.25) is 0 Å². The summed E-state index contributed by atoms with van der Waals surface area (Å²) in [6.07, 6.45) is 2.30. The van der Waals surface area contributed by atoms with Gasteiger partial charge in [-0.05, 0) is 44.5 Å². The zero-order valence-corrected chi connectivity index (χ0v) is 19.2. The highest BCUT2D eigenvalue weighted by Gasteiger charge is 2.16. The van der Waals surface area contributed by atoms with E-state index >= 15 is 0 Å². The van der Waals surface area contributed by atoms with Gasteiger partial charge >= 0.3 is 0 Å². The molecule has 0 radical (unpaired) electrons. The number of hydrogen-bond acceptors (Lipinski definition) is 8. The van der Waals surface area contributed by atoms with Crippen molar-refractivity contribution in [3.63, 3.8) is 0 Å². The summed E-state index contributed by atoms with van der Waals surface area (Å²) in [5, 5.41) is 12.2. The number of oxazole rings is 1. The lowest BCUT2D eigenvalue weighted by Gasteiger charge is -2.26. The summed E-state index contributed by atoms with van der Waals surface area (Å²) < 4.78 is 12.9. The van der Waals surface area contributed by atoms with E-state index < -0.39 is 0 Å². The fourth-order valence-electron chi connectivity index (χ4n) is 3.53. The molecule has 32 heavy (non-hydrogen) atoms. The Hall–Kier alpha value is -2.69. The Morgan fingerprint density at radius 1 is 1.22 bits per heavy atom. The minimum Gasteiger partial charge on any atom is -0.447 e. The van der Waals surface area contributed by atoms with Crippen LogP contribution in [0.5, 0.6) is 0 Å². The van der Waals surface area contributed by atoms with E-state index in [2.05, 4.69) is 44.5 Å². The molecule has 0 aliphatic carbocycles. The van der Waals surface area contributed by atoms with E-state index in [0.717, 1.165) is 55.9 Å². The first-order chi connectivity index (χ1) is 15.6. The highest BCUT2D eigenvalue weighted by molar-refractivity contribution is 7.98. The molecule has 0 spiro atoms. The molecule has 2 aromatic heterocycles. The number of morpholine rings is 1. The largest absolute Gasteiger partial charge is 0.447 e. The number of benzene rings is 1. The highest BCUT2D eigenvalue weighted by atomic mass is 32.2. The number of rotatable bonds is 9. The second-order valence-electron chi connectivity index (χ2n) is 7.68. The van der Waals surface area contributed by atoms with E-state index in [9.17, 15) is 4.79 Å². The monoisotopic (exact) mass is 456 g/mol. The van der Waals surface area contributed by atoms with Crippen LogP contribution in [0.1, 0.15) is 34.2 Å². The number of hydrogen-bond donors (Lipinski definition) is 1. The summed E-state index contributed by atoms with van der Waals surface area (Å²) in [7, 11) is 0. The third-order valence-corrected chi connectivity index (χ3v) is 6.12. The molecular formula is C22H28N6O3S. The first-order valence-corrected chi connectivity index (χ1v) is 11.7. The van der Waals surface area contributed by atoms with Crippen molar-refractivity contribution in [3.8, 4) is 5.69 Å². The number of thioether (sulfide) groups is 1. The molecule has 1 amide bonds. The summed E-state index contributed by atoms with van der Waals surface area (Å²) in [6.45, 7) is 9.01. The maximum absolute atomic E-state index is 12.4. The first-order valence-electron chi connectivity index (χ1n) is 10.7. The third-order valence-electron chi connectivity index (χ3n) is 5.20. The molecular weight excluding hydrogens is 428 g/mol. The number of carbonyl (C=O) groups is 1. The van der Waals surface area contributed by atoms with Crippen LogP contribution in [0, 0.1) is 13.8 Å². The predicted molar refractivity (Wildman–Crippen MR) is 121 cm³/mol. The average Bonchev–Trinajstić information content (AvgIpc) is 3.42. The predicted octanol–water partition coefficient (Wildman–Crippen LogP) is 2.62. The molecule has 1 aliphatic rings. The van der Waals surface area contributed by atoms with E-state index in [4.69, 9.17) is 9.15 Å². The van der Waals surface area contributed by atoms with Gasteiger partial charge in [-0.25, -0.2) is 4.98 Å². The SMILES string of the molecule is Cc1cccc(-n2c(C)nnc2SCc2nc(C(=O)NCCCN3CCOCC3)co2)c1. The molecule has 10 heteroatoms. The van der Waals surface area contributed by atoms with Gasteiger partial charge in [0.25, 0.3) is 5.91 Å². The van der Waals surface area contributed by atoms with E-state index in [0.29, 0.717) is 23.9 Å². The molecule has 0 bridgehead atoms. The van der Waals surface area contributed by atoms with Crippen LogP contribution in [0.15, 0.2) is 40.1 Å². The quantitative estimate of drug-likeness (QED) is 0.388. The summed E-state index contributed by atoms with van der Waals surface area (Å²) in [6, 6.07) is 8.18. The zero-order valence-electron chi connectivity index (χ0n) is 18.4. The van der Waals surface area contributed by atoms with E-state index in [-0.39, 0.29) is 5.91 Å². The zero-order chi connectivity index (χ0) is 22.3. The highest BCUT2D eigenvalue weighted by Crippen LogP contribution is 2.25. The third kappa shape index (κ3) is 5.76. The number of nitrogens with one attached hydrogen (secondary N) is 1. The van der Waals surface area contributed by atoms with Crippen molar-refractivity contribution in [2.75, 3.05) is 39.4 Å². The minimum atomic E-state index is -0.217. The van der Waals surface area contributed by atoms with E-state index in [1.54, 1.807) is 0 Å². The normalized spacial score (nSPS) is 14.6. The van der Waals surface area contributed by atoms with Gasteiger partial charge in [-0.1, -0.05) is 23.9 Å². The smallest absolute Gasteiger partial charge is 0.273 e. The molecule has 1 aliphatic heterocycles. The van der Waals surface area contributed by atoms with Crippen molar-refractivity contribution in [1.82, 2.24) is 30.0 Å². The lowest BCUT2D eigenvalue weighted by Crippen LogP contribution is -2.38. The van der Waals surface area contributed by atoms with Crippen molar-refractivity contribution >= 4 is 17.7 Å². The van der Waals surface area contributed by atoms with Gasteiger partial charge in [0.1, 0.15) is 12.1 Å². The van der Waals surface area contributed by atoms with Gasteiger partial charge in [-0.15, -0.1) is 10.2 Å². The van der Waals surface area contributed by atoms with Crippen LogP contribution >= 0.6 is 11.8 Å². The molecule has 1 fully saturated rings. The molecule has 4 rings (SSSR count). The summed E-state index contributed by atoms with van der Waals surface area (Å²) in [5.74, 6) is 1.52. The fourth-order valence-corrected chi connectivity index (χ4v) is 4.38. The second-order valence-corrected chi connectivity index (χ2v) is 8.63. The van der Waals surface area contributed by atoms with Crippen molar-refractivity contribution in [3.05, 3.63) is 53.5 Å². The molecule has 9 nitrogen and oxygen atoms in total. The van der Waals surface area contributed by atoms with Gasteiger partial charge in [0.15, 0.2) is 10.9 Å². The Labute approximate surface area is 191 Å². The van der Waals surface area contributed by atoms with E-state index in [1.165, 1.54) is 23.6 Å². The number of carbonyl (C=O) groups excluding carboxylic acids is 1. The first kappa shape index (κ1) is 22.5. The Kier molecular flexibility index (Phi) is 7.56. The van der Waals surface area contributed by atoms with Crippen molar-refractivity contribution in [2.24, 2.45) is 0 Å². The molecule has 0 unspecified atom stereocenters. The molecule has 3 heterocycles. The van der Waals surface area contributed by atoms with Gasteiger partial charge in [-0.3, -0.25) is 14.3 Å². The average molecular weight is 457 g/mol. The molecule has 1 saturated heterocycles. The Bertz CT molecular complexity index is 1040. The number of aryl methyl sites for hydroxylation is 2. The molecule has 1 N–H and O–H groups in total. The van der Waals surface area contributed by atoms with Gasteiger partial charge in [0, 0.05) is 25.3 Å². The van der Waals surface area contributed by atoms with Crippen LogP contribution in [0.3, 0.4) is 0 Å². The molecule has 1 aromatic carbocycles. The van der Waals surface area contributed by atoms with Gasteiger partial charge in [0.05, 0.1) is 19.0 Å². The van der Waals surface area contributed by atoms with Gasteiger partial charge in [0.2, 0.25) is 5.89 Å².